The first-order chi connectivity index (χ1) is 14.0. The van der Waals surface area contributed by atoms with E-state index < -0.39 is 0 Å². The Morgan fingerprint density at radius 3 is 2.14 bits per heavy atom. The average molecular weight is 403 g/mol. The molecule has 4 heteroatoms. The molecule has 4 nitrogen and oxygen atoms in total. The van der Waals surface area contributed by atoms with Gasteiger partial charge in [0.15, 0.2) is 0 Å². The number of aromatic nitrogens is 2. The fourth-order valence-corrected chi connectivity index (χ4v) is 4.56. The standard InChI is InChI=1S/C25H46N4/c1-7-22-18-28(21(5)6)19-23(8-2)29(22)25-16-17-26-24(27-25)15-13-11-9-10-12-14-20(3)4/h16-17,20-23H,7-15,18-19H2,1-6H3. The normalized spacial score (nSPS) is 20.8. The van der Waals surface area contributed by atoms with E-state index in [1.54, 1.807) is 0 Å². The second kappa shape index (κ2) is 12.5. The third-order valence-electron chi connectivity index (χ3n) is 6.49. The molecule has 0 saturated carbocycles. The van der Waals surface area contributed by atoms with Gasteiger partial charge in [-0.25, -0.2) is 9.97 Å². The van der Waals surface area contributed by atoms with Gasteiger partial charge in [-0.1, -0.05) is 59.8 Å². The fourth-order valence-electron chi connectivity index (χ4n) is 4.56. The second-order valence-corrected chi connectivity index (χ2v) is 9.61. The molecule has 2 unspecified atom stereocenters. The first kappa shape index (κ1) is 24.1. The van der Waals surface area contributed by atoms with E-state index in [2.05, 4.69) is 62.4 Å². The smallest absolute Gasteiger partial charge is 0.132 e. The lowest BCUT2D eigenvalue weighted by Gasteiger charge is -2.48. The van der Waals surface area contributed by atoms with E-state index in [9.17, 15) is 0 Å². The third kappa shape index (κ3) is 7.55. The molecule has 0 bridgehead atoms. The van der Waals surface area contributed by atoms with Crippen LogP contribution in [0.5, 0.6) is 0 Å². The van der Waals surface area contributed by atoms with E-state index in [-0.39, 0.29) is 0 Å². The number of piperazine rings is 1. The zero-order valence-corrected chi connectivity index (χ0v) is 20.0. The van der Waals surface area contributed by atoms with Crippen molar-refractivity contribution in [1.82, 2.24) is 14.9 Å². The molecule has 1 aromatic rings. The van der Waals surface area contributed by atoms with Gasteiger partial charge in [0, 0.05) is 43.8 Å². The first-order valence-electron chi connectivity index (χ1n) is 12.3. The lowest BCUT2D eigenvalue weighted by Crippen LogP contribution is -2.60. The summed E-state index contributed by atoms with van der Waals surface area (Å²) in [6, 6.07) is 3.83. The number of unbranched alkanes of at least 4 members (excludes halogenated alkanes) is 4. The van der Waals surface area contributed by atoms with Gasteiger partial charge in [-0.05, 0) is 45.1 Å². The molecule has 166 valence electrons. The molecule has 1 fully saturated rings. The van der Waals surface area contributed by atoms with Gasteiger partial charge in [0.1, 0.15) is 11.6 Å². The topological polar surface area (TPSA) is 32.3 Å². The summed E-state index contributed by atoms with van der Waals surface area (Å²) in [4.78, 5) is 14.9. The highest BCUT2D eigenvalue weighted by molar-refractivity contribution is 5.42. The van der Waals surface area contributed by atoms with Gasteiger partial charge in [-0.3, -0.25) is 4.90 Å². The van der Waals surface area contributed by atoms with Crippen LogP contribution in [-0.2, 0) is 6.42 Å². The summed E-state index contributed by atoms with van der Waals surface area (Å²) in [6.07, 6.45) is 13.3. The van der Waals surface area contributed by atoms with Crippen LogP contribution in [0.2, 0.25) is 0 Å². The zero-order chi connectivity index (χ0) is 21.2. The van der Waals surface area contributed by atoms with E-state index in [1.807, 2.05) is 6.20 Å². The maximum absolute atomic E-state index is 5.02. The molecular formula is C25H46N4. The van der Waals surface area contributed by atoms with Crippen molar-refractivity contribution in [1.29, 1.82) is 0 Å². The van der Waals surface area contributed by atoms with E-state index in [4.69, 9.17) is 4.98 Å². The molecule has 1 saturated heterocycles. The largest absolute Gasteiger partial charge is 0.348 e. The van der Waals surface area contributed by atoms with E-state index in [1.165, 1.54) is 38.5 Å². The summed E-state index contributed by atoms with van der Waals surface area (Å²) in [6.45, 7) is 16.2. The van der Waals surface area contributed by atoms with Crippen molar-refractivity contribution in [2.45, 2.75) is 117 Å². The Kier molecular flexibility index (Phi) is 10.4. The maximum atomic E-state index is 5.02. The average Bonchev–Trinajstić information content (AvgIpc) is 2.71. The Morgan fingerprint density at radius 1 is 0.931 bits per heavy atom. The van der Waals surface area contributed by atoms with E-state index in [0.29, 0.717) is 18.1 Å². The molecule has 0 N–H and O–H groups in total. The Bertz CT molecular complexity index is 558. The summed E-state index contributed by atoms with van der Waals surface area (Å²) < 4.78 is 0. The van der Waals surface area contributed by atoms with Gasteiger partial charge in [-0.2, -0.15) is 0 Å². The Hall–Kier alpha value is -1.16. The zero-order valence-electron chi connectivity index (χ0n) is 20.0. The summed E-state index contributed by atoms with van der Waals surface area (Å²) >= 11 is 0. The molecule has 2 rings (SSSR count). The minimum Gasteiger partial charge on any atom is -0.348 e. The van der Waals surface area contributed by atoms with Crippen LogP contribution in [0.15, 0.2) is 12.3 Å². The molecule has 2 heterocycles. The minimum absolute atomic E-state index is 0.541. The van der Waals surface area contributed by atoms with Crippen molar-refractivity contribution >= 4 is 5.82 Å². The number of anilines is 1. The van der Waals surface area contributed by atoms with E-state index >= 15 is 0 Å². The monoisotopic (exact) mass is 402 g/mol. The molecule has 0 spiro atoms. The predicted octanol–water partition coefficient (Wildman–Crippen LogP) is 6.10. The van der Waals surface area contributed by atoms with Crippen LogP contribution >= 0.6 is 0 Å². The summed E-state index contributed by atoms with van der Waals surface area (Å²) in [5, 5.41) is 0. The van der Waals surface area contributed by atoms with Crippen LogP contribution in [0.3, 0.4) is 0 Å². The Balaban J connectivity index is 1.93. The second-order valence-electron chi connectivity index (χ2n) is 9.61. The molecule has 29 heavy (non-hydrogen) atoms. The van der Waals surface area contributed by atoms with Crippen LogP contribution in [0.25, 0.3) is 0 Å². The van der Waals surface area contributed by atoms with Crippen molar-refractivity contribution in [2.24, 2.45) is 5.92 Å². The summed E-state index contributed by atoms with van der Waals surface area (Å²) in [7, 11) is 0. The third-order valence-corrected chi connectivity index (χ3v) is 6.49. The fraction of sp³-hybridized carbons (Fsp3) is 0.840. The van der Waals surface area contributed by atoms with E-state index in [0.717, 1.165) is 49.9 Å². The van der Waals surface area contributed by atoms with Crippen molar-refractivity contribution in [2.75, 3.05) is 18.0 Å². The number of hydrogen-bond donors (Lipinski definition) is 0. The summed E-state index contributed by atoms with van der Waals surface area (Å²) in [5.74, 6) is 3.02. The van der Waals surface area contributed by atoms with Gasteiger partial charge in [-0.15, -0.1) is 0 Å². The molecule has 0 aromatic carbocycles. The van der Waals surface area contributed by atoms with Crippen molar-refractivity contribution in [3.63, 3.8) is 0 Å². The van der Waals surface area contributed by atoms with Crippen LogP contribution in [0.1, 0.15) is 98.7 Å². The SMILES string of the molecule is CCC1CN(C(C)C)CC(CC)N1c1ccnc(CCCCCCCC(C)C)n1. The van der Waals surface area contributed by atoms with Crippen molar-refractivity contribution < 1.29 is 0 Å². The minimum atomic E-state index is 0.541. The molecule has 1 aliphatic rings. The van der Waals surface area contributed by atoms with Gasteiger partial charge in [0.25, 0.3) is 0 Å². The number of rotatable bonds is 12. The highest BCUT2D eigenvalue weighted by Gasteiger charge is 2.34. The van der Waals surface area contributed by atoms with Crippen LogP contribution in [0.4, 0.5) is 5.82 Å². The highest BCUT2D eigenvalue weighted by atomic mass is 15.3. The lowest BCUT2D eigenvalue weighted by molar-refractivity contribution is 0.147. The van der Waals surface area contributed by atoms with Crippen molar-refractivity contribution in [3.8, 4) is 0 Å². The van der Waals surface area contributed by atoms with Crippen LogP contribution in [0, 0.1) is 5.92 Å². The van der Waals surface area contributed by atoms with Gasteiger partial charge < -0.3 is 4.90 Å². The summed E-state index contributed by atoms with van der Waals surface area (Å²) in [5.41, 5.74) is 0. The lowest BCUT2D eigenvalue weighted by atomic mass is 10.0. The molecule has 2 atom stereocenters. The number of nitrogens with zero attached hydrogens (tertiary/aromatic N) is 4. The quantitative estimate of drug-likeness (QED) is 0.395. The van der Waals surface area contributed by atoms with Crippen LogP contribution < -0.4 is 4.90 Å². The Morgan fingerprint density at radius 2 is 1.55 bits per heavy atom. The molecule has 0 amide bonds. The first-order valence-corrected chi connectivity index (χ1v) is 12.3. The number of aryl methyl sites for hydroxylation is 1. The van der Waals surface area contributed by atoms with Gasteiger partial charge >= 0.3 is 0 Å². The van der Waals surface area contributed by atoms with Crippen molar-refractivity contribution in [3.05, 3.63) is 18.1 Å². The van der Waals surface area contributed by atoms with Gasteiger partial charge in [0.2, 0.25) is 0 Å². The highest BCUT2D eigenvalue weighted by Crippen LogP contribution is 2.27. The van der Waals surface area contributed by atoms with Gasteiger partial charge in [0.05, 0.1) is 0 Å². The van der Waals surface area contributed by atoms with Crippen LogP contribution in [-0.4, -0.2) is 46.1 Å². The molecule has 1 aromatic heterocycles. The molecule has 0 aliphatic carbocycles. The Labute approximate surface area is 180 Å². The molecule has 1 aliphatic heterocycles. The predicted molar refractivity (Wildman–Crippen MR) is 126 cm³/mol. The number of hydrogen-bond acceptors (Lipinski definition) is 4. The molecular weight excluding hydrogens is 356 g/mol. The maximum Gasteiger partial charge on any atom is 0.132 e. The molecule has 0 radical (unpaired) electrons.